The summed E-state index contributed by atoms with van der Waals surface area (Å²) in [4.78, 5) is 2.54. The highest BCUT2D eigenvalue weighted by atomic mass is 15.1. The summed E-state index contributed by atoms with van der Waals surface area (Å²) in [5, 5.41) is 3.20. The molecule has 0 atom stereocenters. The van der Waals surface area contributed by atoms with Gasteiger partial charge in [0.15, 0.2) is 0 Å². The molecule has 1 fully saturated rings. The topological polar surface area (TPSA) is 15.3 Å². The van der Waals surface area contributed by atoms with Crippen LogP contribution in [0.2, 0.25) is 0 Å². The van der Waals surface area contributed by atoms with Crippen molar-refractivity contribution in [1.29, 1.82) is 0 Å². The number of hydrogen-bond donors (Lipinski definition) is 1. The minimum Gasteiger partial charge on any atom is -0.320 e. The third-order valence-electron chi connectivity index (χ3n) is 3.51. The van der Waals surface area contributed by atoms with Gasteiger partial charge in [0.2, 0.25) is 0 Å². The van der Waals surface area contributed by atoms with Gasteiger partial charge in [-0.25, -0.2) is 0 Å². The van der Waals surface area contributed by atoms with Crippen molar-refractivity contribution in [1.82, 2.24) is 10.2 Å². The van der Waals surface area contributed by atoms with Crippen LogP contribution in [0.1, 0.15) is 44.9 Å². The molecule has 0 bridgehead atoms. The molecule has 0 unspecified atom stereocenters. The zero-order chi connectivity index (χ0) is 10.9. The number of hydrogen-bond acceptors (Lipinski definition) is 2. The van der Waals surface area contributed by atoms with Crippen molar-refractivity contribution in [2.45, 2.75) is 44.9 Å². The molecule has 1 aliphatic carbocycles. The number of nitrogens with one attached hydrogen (secondary N) is 1. The summed E-state index contributed by atoms with van der Waals surface area (Å²) in [7, 11) is 4.32. The smallest absolute Gasteiger partial charge is 0.000661 e. The molecule has 1 N–H and O–H groups in total. The molecule has 0 aromatic carbocycles. The maximum atomic E-state index is 3.20. The average molecular weight is 212 g/mol. The van der Waals surface area contributed by atoms with Crippen LogP contribution in [0.4, 0.5) is 0 Å². The van der Waals surface area contributed by atoms with Crippen LogP contribution in [0.5, 0.6) is 0 Å². The van der Waals surface area contributed by atoms with Crippen molar-refractivity contribution in [2.24, 2.45) is 5.92 Å². The molecule has 15 heavy (non-hydrogen) atoms. The highest BCUT2D eigenvalue weighted by Gasteiger charge is 2.16. The molecule has 0 amide bonds. The normalized spacial score (nSPS) is 17.8. The van der Waals surface area contributed by atoms with E-state index in [-0.39, 0.29) is 0 Å². The molecule has 2 heteroatoms. The predicted octanol–water partition coefficient (Wildman–Crippen LogP) is 2.50. The first-order valence-electron chi connectivity index (χ1n) is 6.66. The van der Waals surface area contributed by atoms with Crippen molar-refractivity contribution in [3.8, 4) is 0 Å². The lowest BCUT2D eigenvalue weighted by molar-refractivity contribution is 0.272. The van der Waals surface area contributed by atoms with Crippen LogP contribution < -0.4 is 5.32 Å². The maximum absolute atomic E-state index is 3.20. The Bertz CT molecular complexity index is 141. The van der Waals surface area contributed by atoms with Crippen LogP contribution >= 0.6 is 0 Å². The van der Waals surface area contributed by atoms with Crippen LogP contribution in [-0.4, -0.2) is 38.6 Å². The Morgan fingerprint density at radius 3 is 2.53 bits per heavy atom. The summed E-state index contributed by atoms with van der Waals surface area (Å²) in [6.07, 6.45) is 9.96. The maximum Gasteiger partial charge on any atom is 0.000661 e. The molecular weight excluding hydrogens is 184 g/mol. The first-order chi connectivity index (χ1) is 7.33. The molecular formula is C13H28N2. The molecule has 0 spiro atoms. The molecule has 1 aliphatic rings. The van der Waals surface area contributed by atoms with E-state index in [4.69, 9.17) is 0 Å². The molecule has 0 heterocycles. The van der Waals surface area contributed by atoms with Gasteiger partial charge in [-0.3, -0.25) is 0 Å². The Kier molecular flexibility index (Phi) is 7.03. The van der Waals surface area contributed by atoms with E-state index in [2.05, 4.69) is 17.3 Å². The number of unbranched alkanes of at least 4 members (excludes halogenated alkanes) is 2. The molecule has 0 saturated heterocycles. The fraction of sp³-hybridized carbons (Fsp3) is 1.00. The second kappa shape index (κ2) is 8.12. The Hall–Kier alpha value is -0.0800. The summed E-state index contributed by atoms with van der Waals surface area (Å²) in [6.45, 7) is 3.80. The second-order valence-electron chi connectivity index (χ2n) is 5.08. The summed E-state index contributed by atoms with van der Waals surface area (Å²) in [6, 6.07) is 0. The molecule has 0 aromatic rings. The summed E-state index contributed by atoms with van der Waals surface area (Å²) < 4.78 is 0. The van der Waals surface area contributed by atoms with Crippen molar-refractivity contribution in [3.63, 3.8) is 0 Å². The molecule has 0 aromatic heterocycles. The zero-order valence-electron chi connectivity index (χ0n) is 10.6. The van der Waals surface area contributed by atoms with Gasteiger partial charge >= 0.3 is 0 Å². The van der Waals surface area contributed by atoms with Gasteiger partial charge in [0.25, 0.3) is 0 Å². The van der Waals surface area contributed by atoms with E-state index in [1.54, 1.807) is 0 Å². The van der Waals surface area contributed by atoms with Gasteiger partial charge in [-0.2, -0.15) is 0 Å². The van der Waals surface area contributed by atoms with Crippen LogP contribution in [0, 0.1) is 5.92 Å². The minimum atomic E-state index is 1.01. The molecule has 2 nitrogen and oxygen atoms in total. The summed E-state index contributed by atoms with van der Waals surface area (Å²) in [5.74, 6) is 1.01. The van der Waals surface area contributed by atoms with E-state index in [1.807, 2.05) is 7.05 Å². The fourth-order valence-corrected chi connectivity index (χ4v) is 2.59. The Morgan fingerprint density at radius 1 is 1.13 bits per heavy atom. The minimum absolute atomic E-state index is 1.01. The van der Waals surface area contributed by atoms with Gasteiger partial charge in [-0.05, 0) is 58.8 Å². The quantitative estimate of drug-likeness (QED) is 0.622. The van der Waals surface area contributed by atoms with Crippen LogP contribution in [-0.2, 0) is 0 Å². The summed E-state index contributed by atoms with van der Waals surface area (Å²) >= 11 is 0. The third kappa shape index (κ3) is 6.16. The molecule has 1 saturated carbocycles. The number of nitrogens with zero attached hydrogens (tertiary/aromatic N) is 1. The van der Waals surface area contributed by atoms with Gasteiger partial charge in [-0.1, -0.05) is 19.3 Å². The van der Waals surface area contributed by atoms with E-state index >= 15 is 0 Å². The molecule has 0 radical (unpaired) electrons. The van der Waals surface area contributed by atoms with Crippen molar-refractivity contribution >= 4 is 0 Å². The first kappa shape index (κ1) is 13.0. The molecule has 90 valence electrons. The van der Waals surface area contributed by atoms with Crippen molar-refractivity contribution < 1.29 is 0 Å². The van der Waals surface area contributed by atoms with Crippen molar-refractivity contribution in [3.05, 3.63) is 0 Å². The SMILES string of the molecule is CNCCCCCN(C)CC1CCCC1. The highest BCUT2D eigenvalue weighted by Crippen LogP contribution is 2.25. The Morgan fingerprint density at radius 2 is 1.87 bits per heavy atom. The van der Waals surface area contributed by atoms with Gasteiger partial charge in [-0.15, -0.1) is 0 Å². The van der Waals surface area contributed by atoms with E-state index in [0.717, 1.165) is 5.92 Å². The largest absolute Gasteiger partial charge is 0.320 e. The van der Waals surface area contributed by atoms with Crippen LogP contribution in [0.3, 0.4) is 0 Å². The molecule has 1 rings (SSSR count). The first-order valence-corrected chi connectivity index (χ1v) is 6.66. The Balaban J connectivity index is 1.91. The van der Waals surface area contributed by atoms with Crippen LogP contribution in [0.25, 0.3) is 0 Å². The van der Waals surface area contributed by atoms with Gasteiger partial charge in [0.1, 0.15) is 0 Å². The van der Waals surface area contributed by atoms with E-state index in [9.17, 15) is 0 Å². The monoisotopic (exact) mass is 212 g/mol. The third-order valence-corrected chi connectivity index (χ3v) is 3.51. The lowest BCUT2D eigenvalue weighted by Gasteiger charge is -2.20. The zero-order valence-corrected chi connectivity index (χ0v) is 10.6. The Labute approximate surface area is 95.4 Å². The predicted molar refractivity (Wildman–Crippen MR) is 67.2 cm³/mol. The number of rotatable bonds is 8. The van der Waals surface area contributed by atoms with Gasteiger partial charge in [0.05, 0.1) is 0 Å². The average Bonchev–Trinajstić information content (AvgIpc) is 2.70. The van der Waals surface area contributed by atoms with E-state index in [1.165, 1.54) is 64.6 Å². The highest BCUT2D eigenvalue weighted by molar-refractivity contribution is 4.70. The molecule has 0 aliphatic heterocycles. The van der Waals surface area contributed by atoms with Gasteiger partial charge in [0, 0.05) is 6.54 Å². The second-order valence-corrected chi connectivity index (χ2v) is 5.08. The summed E-state index contributed by atoms with van der Waals surface area (Å²) in [5.41, 5.74) is 0. The lowest BCUT2D eigenvalue weighted by Crippen LogP contribution is -2.25. The van der Waals surface area contributed by atoms with Crippen LogP contribution in [0.15, 0.2) is 0 Å². The van der Waals surface area contributed by atoms with E-state index in [0.29, 0.717) is 0 Å². The van der Waals surface area contributed by atoms with Gasteiger partial charge < -0.3 is 10.2 Å². The van der Waals surface area contributed by atoms with E-state index < -0.39 is 0 Å². The standard InChI is InChI=1S/C13H28N2/c1-14-10-6-3-7-11-15(2)12-13-8-4-5-9-13/h13-14H,3-12H2,1-2H3. The lowest BCUT2D eigenvalue weighted by atomic mass is 10.1. The fourth-order valence-electron chi connectivity index (χ4n) is 2.59. The van der Waals surface area contributed by atoms with Crippen molar-refractivity contribution in [2.75, 3.05) is 33.7 Å².